The molecule has 104 valence electrons. The van der Waals surface area contributed by atoms with Crippen molar-refractivity contribution in [1.82, 2.24) is 0 Å². The van der Waals surface area contributed by atoms with Gasteiger partial charge in [-0.25, -0.2) is 4.79 Å². The van der Waals surface area contributed by atoms with E-state index in [-0.39, 0.29) is 35.9 Å². The van der Waals surface area contributed by atoms with Gasteiger partial charge in [0.25, 0.3) is 10.1 Å². The Bertz CT molecular complexity index is 735. The fraction of sp³-hybridized carbons (Fsp3) is 0.182. The van der Waals surface area contributed by atoms with E-state index in [4.69, 9.17) is 13.4 Å². The second-order valence-electron chi connectivity index (χ2n) is 3.67. The summed E-state index contributed by atoms with van der Waals surface area (Å²) in [6.07, 6.45) is 0. The Morgan fingerprint density at radius 3 is 2.30 bits per heavy atom. The monoisotopic (exact) mass is 326 g/mol. The summed E-state index contributed by atoms with van der Waals surface area (Å²) in [5, 5.41) is 0. The molecule has 1 aromatic heterocycles. The molecule has 0 atom stereocenters. The molecular formula is C11H11NaO6S2. The van der Waals surface area contributed by atoms with Crippen LogP contribution in [0.2, 0.25) is 0 Å². The molecule has 0 spiro atoms. The quantitative estimate of drug-likeness (QED) is 0.446. The van der Waals surface area contributed by atoms with Gasteiger partial charge < -0.3 is 10.3 Å². The van der Waals surface area contributed by atoms with Gasteiger partial charge >= 0.3 is 35.4 Å². The van der Waals surface area contributed by atoms with Crippen LogP contribution in [0, 0.1) is 6.92 Å². The van der Waals surface area contributed by atoms with Crippen LogP contribution >= 0.6 is 11.8 Å². The third-order valence-electron chi connectivity index (χ3n) is 2.33. The van der Waals surface area contributed by atoms with Gasteiger partial charge in [0.2, 0.25) is 0 Å². The van der Waals surface area contributed by atoms with Crippen molar-refractivity contribution in [2.45, 2.75) is 22.5 Å². The van der Waals surface area contributed by atoms with Crippen molar-refractivity contribution >= 4 is 21.9 Å². The van der Waals surface area contributed by atoms with E-state index in [9.17, 15) is 13.2 Å². The van der Waals surface area contributed by atoms with Crippen LogP contribution in [0.25, 0.3) is 0 Å². The Labute approximate surface area is 143 Å². The summed E-state index contributed by atoms with van der Waals surface area (Å²) in [6.45, 7) is 1.63. The number of hydrogen-bond acceptors (Lipinski definition) is 6. The van der Waals surface area contributed by atoms with E-state index < -0.39 is 15.9 Å². The zero-order valence-electron chi connectivity index (χ0n) is 11.8. The van der Waals surface area contributed by atoms with E-state index in [1.54, 1.807) is 19.1 Å². The number of benzene rings is 1. The van der Waals surface area contributed by atoms with Gasteiger partial charge in [0.15, 0.2) is 5.76 Å². The summed E-state index contributed by atoms with van der Waals surface area (Å²) in [6, 6.07) is 5.72. The van der Waals surface area contributed by atoms with E-state index in [1.807, 2.05) is 0 Å². The summed E-state index contributed by atoms with van der Waals surface area (Å²) in [5.74, 6) is 0.513. The summed E-state index contributed by atoms with van der Waals surface area (Å²) < 4.78 is 40.1. The average molecular weight is 326 g/mol. The van der Waals surface area contributed by atoms with Gasteiger partial charge in [-0.1, -0.05) is 0 Å². The van der Waals surface area contributed by atoms with Crippen molar-refractivity contribution in [3.05, 3.63) is 46.4 Å². The van der Waals surface area contributed by atoms with Gasteiger partial charge in [-0.15, -0.1) is 11.8 Å². The molecule has 6 nitrogen and oxygen atoms in total. The normalized spacial score (nSPS) is 11.1. The fourth-order valence-electron chi connectivity index (χ4n) is 1.36. The third-order valence-corrected chi connectivity index (χ3v) is 4.21. The van der Waals surface area contributed by atoms with Crippen molar-refractivity contribution < 1.29 is 52.8 Å². The molecule has 0 unspecified atom stereocenters. The molecule has 1 heterocycles. The third kappa shape index (κ3) is 4.51. The summed E-state index contributed by atoms with van der Waals surface area (Å²) in [5.41, 5.74) is 0. The van der Waals surface area contributed by atoms with Crippen LogP contribution in [0.15, 0.2) is 47.7 Å². The van der Waals surface area contributed by atoms with Crippen LogP contribution in [0.5, 0.6) is 0 Å². The van der Waals surface area contributed by atoms with Crippen LogP contribution < -0.4 is 35.4 Å². The van der Waals surface area contributed by atoms with Gasteiger partial charge in [0.1, 0.15) is 5.76 Å². The van der Waals surface area contributed by atoms with Crippen molar-refractivity contribution in [2.75, 3.05) is 0 Å². The molecule has 0 aliphatic rings. The molecule has 2 aromatic rings. The van der Waals surface area contributed by atoms with Gasteiger partial charge in [0, 0.05) is 4.90 Å². The Morgan fingerprint density at radius 1 is 1.25 bits per heavy atom. The molecule has 0 aliphatic carbocycles. The number of thioether (sulfide) groups is 1. The first-order valence-electron chi connectivity index (χ1n) is 5.16. The largest absolute Gasteiger partial charge is 1.00 e. The maximum absolute atomic E-state index is 10.9. The second-order valence-corrected chi connectivity index (χ2v) is 6.14. The molecule has 0 radical (unpaired) electrons. The smallest absolute Gasteiger partial charge is 1.00 e. The van der Waals surface area contributed by atoms with Gasteiger partial charge in [-0.3, -0.25) is 4.55 Å². The average Bonchev–Trinajstić information content (AvgIpc) is 2.65. The van der Waals surface area contributed by atoms with E-state index in [0.29, 0.717) is 17.3 Å². The molecule has 2 rings (SSSR count). The Morgan fingerprint density at radius 2 is 1.85 bits per heavy atom. The Balaban J connectivity index is 0.00000200. The van der Waals surface area contributed by atoms with Crippen LogP contribution in [0.4, 0.5) is 0 Å². The van der Waals surface area contributed by atoms with Gasteiger partial charge in [-0.05, 0) is 31.2 Å². The number of hydrogen-bond donors (Lipinski definition) is 1. The fourth-order valence-corrected chi connectivity index (χ4v) is 2.73. The molecule has 1 N–H and O–H groups in total. The minimum atomic E-state index is -4.17. The summed E-state index contributed by atoms with van der Waals surface area (Å²) in [4.78, 5) is 11.5. The molecule has 0 saturated heterocycles. The second kappa shape index (κ2) is 6.97. The molecule has 0 amide bonds. The topological polar surface area (TPSA) is 97.7 Å². The van der Waals surface area contributed by atoms with Gasteiger partial charge in [0.05, 0.1) is 10.6 Å². The minimum Gasteiger partial charge on any atom is -1.00 e. The molecule has 0 aliphatic heterocycles. The van der Waals surface area contributed by atoms with E-state index in [1.165, 1.54) is 23.9 Å². The zero-order chi connectivity index (χ0) is 14.0. The summed E-state index contributed by atoms with van der Waals surface area (Å²) >= 11 is 1.35. The predicted octanol–water partition coefficient (Wildman–Crippen LogP) is -0.803. The SMILES string of the molecule is Cc1oc(=O)oc1CSc1ccc(S(=O)(=O)O)cc1.[H-].[Na+]. The molecule has 20 heavy (non-hydrogen) atoms. The Hall–Kier alpha value is -0.510. The Kier molecular flexibility index (Phi) is 6.11. The maximum atomic E-state index is 10.9. The predicted molar refractivity (Wildman–Crippen MR) is 68.9 cm³/mol. The van der Waals surface area contributed by atoms with E-state index in [2.05, 4.69) is 0 Å². The molecule has 0 fully saturated rings. The van der Waals surface area contributed by atoms with E-state index >= 15 is 0 Å². The van der Waals surface area contributed by atoms with Crippen molar-refractivity contribution in [1.29, 1.82) is 0 Å². The first kappa shape index (κ1) is 17.5. The van der Waals surface area contributed by atoms with Crippen LogP contribution in [0.1, 0.15) is 12.9 Å². The number of rotatable bonds is 4. The molecular weight excluding hydrogens is 315 g/mol. The van der Waals surface area contributed by atoms with Crippen molar-refractivity contribution in [3.63, 3.8) is 0 Å². The van der Waals surface area contributed by atoms with E-state index in [0.717, 1.165) is 4.90 Å². The van der Waals surface area contributed by atoms with Crippen molar-refractivity contribution in [3.8, 4) is 0 Å². The first-order chi connectivity index (χ1) is 8.86. The molecule has 1 aromatic carbocycles. The molecule has 0 saturated carbocycles. The summed E-state index contributed by atoms with van der Waals surface area (Å²) in [7, 11) is -4.17. The molecule has 0 bridgehead atoms. The van der Waals surface area contributed by atoms with Crippen LogP contribution in [-0.4, -0.2) is 13.0 Å². The first-order valence-corrected chi connectivity index (χ1v) is 7.58. The molecule has 9 heteroatoms. The van der Waals surface area contributed by atoms with Crippen molar-refractivity contribution in [2.24, 2.45) is 0 Å². The standard InChI is InChI=1S/C11H10O6S2.Na.H/c1-7-10(17-11(12)16-7)6-18-8-2-4-9(5-3-8)19(13,14)15;;/h2-5H,6H2,1H3,(H,13,14,15);;/q;+1;-1. The minimum absolute atomic E-state index is 0. The maximum Gasteiger partial charge on any atom is 1.00 e. The van der Waals surface area contributed by atoms with Gasteiger partial charge in [-0.2, -0.15) is 8.42 Å². The zero-order valence-corrected chi connectivity index (χ0v) is 14.5. The van der Waals surface area contributed by atoms with Crippen LogP contribution in [0.3, 0.4) is 0 Å². The van der Waals surface area contributed by atoms with Crippen LogP contribution in [-0.2, 0) is 15.9 Å². The number of aryl methyl sites for hydroxylation is 1.